The maximum absolute atomic E-state index is 12.3. The molecular formula is C5H6Cl2F4. The van der Waals surface area contributed by atoms with Gasteiger partial charge in [-0.15, -0.1) is 11.6 Å². The summed E-state index contributed by atoms with van der Waals surface area (Å²) >= 11 is 9.24. The first-order valence-electron chi connectivity index (χ1n) is 2.77. The van der Waals surface area contributed by atoms with Crippen LogP contribution in [0.25, 0.3) is 0 Å². The summed E-state index contributed by atoms with van der Waals surface area (Å²) in [4.78, 5) is 0. The van der Waals surface area contributed by atoms with Gasteiger partial charge in [-0.3, -0.25) is 0 Å². The zero-order chi connectivity index (χ0) is 9.12. The van der Waals surface area contributed by atoms with E-state index < -0.39 is 24.1 Å². The monoisotopic (exact) mass is 212 g/mol. The highest BCUT2D eigenvalue weighted by Crippen LogP contribution is 2.35. The molecule has 0 saturated carbocycles. The van der Waals surface area contributed by atoms with Crippen LogP contribution in [0.15, 0.2) is 0 Å². The van der Waals surface area contributed by atoms with E-state index in [2.05, 4.69) is 11.6 Å². The first-order valence-corrected chi connectivity index (χ1v) is 3.69. The molecule has 0 aromatic rings. The molecule has 0 rings (SSSR count). The van der Waals surface area contributed by atoms with E-state index in [1.54, 1.807) is 0 Å². The fourth-order valence-electron chi connectivity index (χ4n) is 0.520. The molecule has 0 aromatic carbocycles. The standard InChI is InChI=1S/C5H6Cl2F4/c6-2-1-4(8,9)3-5(7,10)11/h1-3H2. The highest BCUT2D eigenvalue weighted by molar-refractivity contribution is 6.21. The third-order valence-electron chi connectivity index (χ3n) is 0.919. The summed E-state index contributed by atoms with van der Waals surface area (Å²) in [5, 5.41) is -3.85. The van der Waals surface area contributed by atoms with Gasteiger partial charge in [-0.05, 0) is 11.6 Å². The lowest BCUT2D eigenvalue weighted by molar-refractivity contribution is -0.0719. The van der Waals surface area contributed by atoms with E-state index in [0.29, 0.717) is 0 Å². The highest BCUT2D eigenvalue weighted by atomic mass is 35.5. The summed E-state index contributed by atoms with van der Waals surface area (Å²) in [7, 11) is 0. The molecule has 0 unspecified atom stereocenters. The summed E-state index contributed by atoms with van der Waals surface area (Å²) in [5.41, 5.74) is 0. The molecule has 0 fully saturated rings. The van der Waals surface area contributed by atoms with Gasteiger partial charge in [0.1, 0.15) is 0 Å². The van der Waals surface area contributed by atoms with Crippen molar-refractivity contribution in [3.05, 3.63) is 0 Å². The van der Waals surface area contributed by atoms with Crippen molar-refractivity contribution in [1.29, 1.82) is 0 Å². The van der Waals surface area contributed by atoms with Crippen LogP contribution >= 0.6 is 23.2 Å². The molecule has 11 heavy (non-hydrogen) atoms. The molecule has 0 nitrogen and oxygen atoms in total. The van der Waals surface area contributed by atoms with Gasteiger partial charge in [0.15, 0.2) is 0 Å². The van der Waals surface area contributed by atoms with Crippen molar-refractivity contribution in [2.75, 3.05) is 5.88 Å². The third-order valence-corrected chi connectivity index (χ3v) is 1.24. The Balaban J connectivity index is 3.91. The van der Waals surface area contributed by atoms with Crippen LogP contribution in [0.3, 0.4) is 0 Å². The normalized spacial score (nSPS) is 13.6. The predicted molar refractivity (Wildman–Crippen MR) is 35.7 cm³/mol. The second-order valence-electron chi connectivity index (χ2n) is 2.09. The molecule has 0 radical (unpaired) electrons. The number of halogens is 6. The Morgan fingerprint density at radius 1 is 1.09 bits per heavy atom. The zero-order valence-electron chi connectivity index (χ0n) is 5.39. The molecule has 0 atom stereocenters. The van der Waals surface area contributed by atoms with Crippen LogP contribution in [0.5, 0.6) is 0 Å². The molecule has 0 bridgehead atoms. The number of hydrogen-bond donors (Lipinski definition) is 0. The van der Waals surface area contributed by atoms with Gasteiger partial charge in [0.25, 0.3) is 5.92 Å². The van der Waals surface area contributed by atoms with E-state index in [0.717, 1.165) is 0 Å². The zero-order valence-corrected chi connectivity index (χ0v) is 6.90. The molecule has 0 N–H and O–H groups in total. The van der Waals surface area contributed by atoms with Crippen molar-refractivity contribution >= 4 is 23.2 Å². The van der Waals surface area contributed by atoms with Crippen LogP contribution in [-0.2, 0) is 0 Å². The van der Waals surface area contributed by atoms with Crippen molar-refractivity contribution in [3.8, 4) is 0 Å². The highest BCUT2D eigenvalue weighted by Gasteiger charge is 2.41. The number of alkyl halides is 6. The quantitative estimate of drug-likeness (QED) is 0.495. The number of rotatable bonds is 4. The summed E-state index contributed by atoms with van der Waals surface area (Å²) in [5.74, 6) is -3.84. The van der Waals surface area contributed by atoms with Crippen molar-refractivity contribution in [2.45, 2.75) is 24.1 Å². The number of hydrogen-bond acceptors (Lipinski definition) is 0. The first-order chi connectivity index (χ1) is 4.77. The van der Waals surface area contributed by atoms with E-state index in [1.807, 2.05) is 0 Å². The summed E-state index contributed by atoms with van der Waals surface area (Å²) in [6.07, 6.45) is -2.44. The molecule has 0 spiro atoms. The van der Waals surface area contributed by atoms with Crippen LogP contribution in [0.2, 0.25) is 0 Å². The topological polar surface area (TPSA) is 0 Å². The van der Waals surface area contributed by atoms with Crippen LogP contribution in [0.1, 0.15) is 12.8 Å². The van der Waals surface area contributed by atoms with Crippen LogP contribution in [0.4, 0.5) is 17.6 Å². The van der Waals surface area contributed by atoms with Crippen LogP contribution in [-0.4, -0.2) is 17.2 Å². The Morgan fingerprint density at radius 2 is 1.55 bits per heavy atom. The van der Waals surface area contributed by atoms with E-state index in [1.165, 1.54) is 0 Å². The maximum Gasteiger partial charge on any atom is 0.327 e. The minimum absolute atomic E-state index is 0.361. The van der Waals surface area contributed by atoms with E-state index in [9.17, 15) is 17.6 Å². The first kappa shape index (κ1) is 11.3. The van der Waals surface area contributed by atoms with E-state index in [4.69, 9.17) is 11.6 Å². The van der Waals surface area contributed by atoms with Crippen molar-refractivity contribution < 1.29 is 17.6 Å². The molecule has 0 amide bonds. The van der Waals surface area contributed by atoms with Crippen molar-refractivity contribution in [1.82, 2.24) is 0 Å². The Kier molecular flexibility index (Phi) is 3.91. The van der Waals surface area contributed by atoms with Gasteiger partial charge < -0.3 is 0 Å². The lowest BCUT2D eigenvalue weighted by atomic mass is 10.2. The van der Waals surface area contributed by atoms with Gasteiger partial charge in [0, 0.05) is 12.3 Å². The van der Waals surface area contributed by atoms with Crippen molar-refractivity contribution in [3.63, 3.8) is 0 Å². The minimum Gasteiger partial charge on any atom is -0.207 e. The fourth-order valence-corrected chi connectivity index (χ4v) is 0.992. The summed E-state index contributed by atoms with van der Waals surface area (Å²) < 4.78 is 48.1. The molecular weight excluding hydrogens is 207 g/mol. The Bertz CT molecular complexity index is 120. The molecule has 0 aliphatic carbocycles. The van der Waals surface area contributed by atoms with Crippen molar-refractivity contribution in [2.24, 2.45) is 0 Å². The fraction of sp³-hybridized carbons (Fsp3) is 1.00. The lowest BCUT2D eigenvalue weighted by Crippen LogP contribution is -2.25. The van der Waals surface area contributed by atoms with Gasteiger partial charge >= 0.3 is 5.38 Å². The van der Waals surface area contributed by atoms with E-state index >= 15 is 0 Å². The third kappa shape index (κ3) is 6.69. The molecule has 0 aliphatic rings. The average Bonchev–Trinajstić information content (AvgIpc) is 1.55. The van der Waals surface area contributed by atoms with Crippen LogP contribution < -0.4 is 0 Å². The maximum atomic E-state index is 12.3. The SMILES string of the molecule is FC(F)(Cl)CC(F)(F)CCCl. The van der Waals surface area contributed by atoms with Gasteiger partial charge in [0.2, 0.25) is 0 Å². The second kappa shape index (κ2) is 3.81. The van der Waals surface area contributed by atoms with Gasteiger partial charge in [0.05, 0.1) is 6.42 Å². The molecule has 0 aromatic heterocycles. The van der Waals surface area contributed by atoms with Gasteiger partial charge in [-0.2, -0.15) is 8.78 Å². The molecule has 0 aliphatic heterocycles. The molecule has 0 saturated heterocycles. The van der Waals surface area contributed by atoms with E-state index in [-0.39, 0.29) is 5.88 Å². The predicted octanol–water partition coefficient (Wildman–Crippen LogP) is 3.47. The summed E-state index contributed by atoms with van der Waals surface area (Å²) in [6, 6.07) is 0. The van der Waals surface area contributed by atoms with Crippen LogP contribution in [0, 0.1) is 0 Å². The second-order valence-corrected chi connectivity index (χ2v) is 3.02. The Labute approximate surface area is 71.5 Å². The molecule has 0 heterocycles. The van der Waals surface area contributed by atoms with Gasteiger partial charge in [-0.1, -0.05) is 0 Å². The Morgan fingerprint density at radius 3 is 1.82 bits per heavy atom. The molecule has 6 heteroatoms. The molecule has 68 valence electrons. The Hall–Kier alpha value is 0.300. The lowest BCUT2D eigenvalue weighted by Gasteiger charge is -2.17. The van der Waals surface area contributed by atoms with Gasteiger partial charge in [-0.25, -0.2) is 8.78 Å². The largest absolute Gasteiger partial charge is 0.327 e. The average molecular weight is 213 g/mol. The summed E-state index contributed by atoms with van der Waals surface area (Å²) in [6.45, 7) is 0. The smallest absolute Gasteiger partial charge is 0.207 e. The minimum atomic E-state index is -3.85.